The maximum absolute atomic E-state index is 6.07. The first kappa shape index (κ1) is 15.4. The Bertz CT molecular complexity index is 410. The second-order valence-corrected chi connectivity index (χ2v) is 5.73. The van der Waals surface area contributed by atoms with Gasteiger partial charge in [0.1, 0.15) is 0 Å². The quantitative estimate of drug-likeness (QED) is 0.827. The third-order valence-corrected chi connectivity index (χ3v) is 3.71. The molecule has 0 aromatic carbocycles. The fraction of sp³-hybridized carbons (Fsp3) is 0.688. The molecule has 0 bridgehead atoms. The SMILES string of the molecule is CCNCC1CCC(CN(C)Cc2cccc(C)n2)O1. The van der Waals surface area contributed by atoms with Crippen LogP contribution in [0.2, 0.25) is 0 Å². The van der Waals surface area contributed by atoms with Crippen molar-refractivity contribution >= 4 is 0 Å². The number of aryl methyl sites for hydroxylation is 1. The normalized spacial score (nSPS) is 22.6. The standard InChI is InChI=1S/C16H27N3O/c1-4-17-10-15-8-9-16(20-15)12-19(3)11-14-7-5-6-13(2)18-14/h5-7,15-17H,4,8-12H2,1-3H3. The van der Waals surface area contributed by atoms with E-state index in [-0.39, 0.29) is 0 Å². The highest BCUT2D eigenvalue weighted by Gasteiger charge is 2.25. The van der Waals surface area contributed by atoms with Crippen molar-refractivity contribution in [3.05, 3.63) is 29.6 Å². The van der Waals surface area contributed by atoms with Crippen molar-refractivity contribution in [1.82, 2.24) is 15.2 Å². The average molecular weight is 277 g/mol. The molecular weight excluding hydrogens is 250 g/mol. The minimum Gasteiger partial charge on any atom is -0.372 e. The van der Waals surface area contributed by atoms with E-state index < -0.39 is 0 Å². The van der Waals surface area contributed by atoms with Gasteiger partial charge in [-0.25, -0.2) is 0 Å². The maximum atomic E-state index is 6.07. The summed E-state index contributed by atoms with van der Waals surface area (Å²) in [4.78, 5) is 6.86. The van der Waals surface area contributed by atoms with Crippen LogP contribution in [0.15, 0.2) is 18.2 Å². The summed E-state index contributed by atoms with van der Waals surface area (Å²) in [6, 6.07) is 6.20. The monoisotopic (exact) mass is 277 g/mol. The number of pyridine rings is 1. The van der Waals surface area contributed by atoms with E-state index in [4.69, 9.17) is 4.74 Å². The molecule has 2 heterocycles. The van der Waals surface area contributed by atoms with Gasteiger partial charge < -0.3 is 10.1 Å². The van der Waals surface area contributed by atoms with Crippen LogP contribution in [-0.4, -0.2) is 48.8 Å². The summed E-state index contributed by atoms with van der Waals surface area (Å²) < 4.78 is 6.07. The molecule has 0 aliphatic carbocycles. The van der Waals surface area contributed by atoms with Crippen molar-refractivity contribution in [2.24, 2.45) is 0 Å². The van der Waals surface area contributed by atoms with Crippen LogP contribution in [0.4, 0.5) is 0 Å². The van der Waals surface area contributed by atoms with Gasteiger partial charge >= 0.3 is 0 Å². The molecule has 4 nitrogen and oxygen atoms in total. The average Bonchev–Trinajstić information content (AvgIpc) is 2.83. The van der Waals surface area contributed by atoms with Crippen molar-refractivity contribution < 1.29 is 4.74 Å². The highest BCUT2D eigenvalue weighted by Crippen LogP contribution is 2.20. The zero-order chi connectivity index (χ0) is 14.4. The van der Waals surface area contributed by atoms with Gasteiger partial charge in [-0.2, -0.15) is 0 Å². The summed E-state index contributed by atoms with van der Waals surface area (Å²) >= 11 is 0. The van der Waals surface area contributed by atoms with Gasteiger partial charge in [-0.05, 0) is 45.5 Å². The Hall–Kier alpha value is -0.970. The van der Waals surface area contributed by atoms with Gasteiger partial charge in [0.25, 0.3) is 0 Å². The first-order valence-electron chi connectivity index (χ1n) is 7.64. The number of rotatable bonds is 7. The molecule has 1 aromatic heterocycles. The molecule has 1 aliphatic rings. The van der Waals surface area contributed by atoms with Crippen molar-refractivity contribution in [2.45, 2.75) is 45.4 Å². The Labute approximate surface area is 122 Å². The van der Waals surface area contributed by atoms with Crippen LogP contribution < -0.4 is 5.32 Å². The topological polar surface area (TPSA) is 37.4 Å². The van der Waals surface area contributed by atoms with Crippen LogP contribution >= 0.6 is 0 Å². The van der Waals surface area contributed by atoms with Crippen molar-refractivity contribution in [1.29, 1.82) is 0 Å². The first-order chi connectivity index (χ1) is 9.67. The Kier molecular flexibility index (Phi) is 5.95. The van der Waals surface area contributed by atoms with E-state index in [9.17, 15) is 0 Å². The molecule has 1 aromatic rings. The molecule has 4 heteroatoms. The number of hydrogen-bond acceptors (Lipinski definition) is 4. The fourth-order valence-electron chi connectivity index (χ4n) is 2.75. The van der Waals surface area contributed by atoms with Crippen molar-refractivity contribution in [3.8, 4) is 0 Å². The summed E-state index contributed by atoms with van der Waals surface area (Å²) in [5, 5.41) is 3.36. The summed E-state index contributed by atoms with van der Waals surface area (Å²) in [5.74, 6) is 0. The highest BCUT2D eigenvalue weighted by molar-refractivity contribution is 5.09. The molecule has 20 heavy (non-hydrogen) atoms. The predicted molar refractivity (Wildman–Crippen MR) is 81.7 cm³/mol. The lowest BCUT2D eigenvalue weighted by Crippen LogP contribution is -2.31. The van der Waals surface area contributed by atoms with Crippen LogP contribution in [0.25, 0.3) is 0 Å². The molecule has 112 valence electrons. The number of nitrogens with zero attached hydrogens (tertiary/aromatic N) is 2. The number of ether oxygens (including phenoxy) is 1. The second-order valence-electron chi connectivity index (χ2n) is 5.73. The van der Waals surface area contributed by atoms with E-state index in [2.05, 4.69) is 41.3 Å². The van der Waals surface area contributed by atoms with Crippen LogP contribution in [0.1, 0.15) is 31.2 Å². The van der Waals surface area contributed by atoms with Gasteiger partial charge in [-0.1, -0.05) is 13.0 Å². The largest absolute Gasteiger partial charge is 0.372 e. The van der Waals surface area contributed by atoms with Gasteiger partial charge in [0.05, 0.1) is 17.9 Å². The van der Waals surface area contributed by atoms with Crippen molar-refractivity contribution in [3.63, 3.8) is 0 Å². The summed E-state index contributed by atoms with van der Waals surface area (Å²) in [7, 11) is 2.14. The Morgan fingerprint density at radius 3 is 2.90 bits per heavy atom. The van der Waals surface area contributed by atoms with Crippen molar-refractivity contribution in [2.75, 3.05) is 26.7 Å². The van der Waals surface area contributed by atoms with E-state index in [1.54, 1.807) is 0 Å². The fourth-order valence-corrected chi connectivity index (χ4v) is 2.75. The lowest BCUT2D eigenvalue weighted by molar-refractivity contribution is 0.0268. The minimum atomic E-state index is 0.369. The molecule has 2 rings (SSSR count). The molecule has 0 amide bonds. The van der Waals surface area contributed by atoms with E-state index in [1.807, 2.05) is 13.0 Å². The molecule has 1 N–H and O–H groups in total. The van der Waals surface area contributed by atoms with Gasteiger partial charge in [0, 0.05) is 25.3 Å². The smallest absolute Gasteiger partial charge is 0.0707 e. The Morgan fingerprint density at radius 1 is 1.35 bits per heavy atom. The van der Waals surface area contributed by atoms with Crippen LogP contribution in [0.3, 0.4) is 0 Å². The zero-order valence-electron chi connectivity index (χ0n) is 12.9. The van der Waals surface area contributed by atoms with Crippen LogP contribution in [0.5, 0.6) is 0 Å². The number of aromatic nitrogens is 1. The lowest BCUT2D eigenvalue weighted by Gasteiger charge is -2.21. The molecule has 0 saturated carbocycles. The molecule has 1 saturated heterocycles. The van der Waals surface area contributed by atoms with Gasteiger partial charge in [0.2, 0.25) is 0 Å². The van der Waals surface area contributed by atoms with E-state index in [1.165, 1.54) is 12.8 Å². The second kappa shape index (κ2) is 7.72. The molecule has 1 fully saturated rings. The van der Waals surface area contributed by atoms with Crippen LogP contribution in [0, 0.1) is 6.92 Å². The maximum Gasteiger partial charge on any atom is 0.0707 e. The Morgan fingerprint density at radius 2 is 2.15 bits per heavy atom. The highest BCUT2D eigenvalue weighted by atomic mass is 16.5. The first-order valence-corrected chi connectivity index (χ1v) is 7.64. The Balaban J connectivity index is 1.74. The van der Waals surface area contributed by atoms with Gasteiger partial charge in [0.15, 0.2) is 0 Å². The number of likely N-dealkylation sites (N-methyl/N-ethyl adjacent to an activating group) is 2. The summed E-state index contributed by atoms with van der Waals surface area (Å²) in [6.45, 7) is 8.04. The molecule has 0 spiro atoms. The molecule has 1 aliphatic heterocycles. The lowest BCUT2D eigenvalue weighted by atomic mass is 10.2. The molecule has 2 atom stereocenters. The third kappa shape index (κ3) is 4.85. The van der Waals surface area contributed by atoms with Gasteiger partial charge in [-0.15, -0.1) is 0 Å². The summed E-state index contributed by atoms with van der Waals surface area (Å²) in [6.07, 6.45) is 3.11. The van der Waals surface area contributed by atoms with E-state index >= 15 is 0 Å². The minimum absolute atomic E-state index is 0.369. The van der Waals surface area contributed by atoms with Crippen LogP contribution in [-0.2, 0) is 11.3 Å². The molecule has 0 radical (unpaired) electrons. The van der Waals surface area contributed by atoms with E-state index in [0.29, 0.717) is 12.2 Å². The van der Waals surface area contributed by atoms with E-state index in [0.717, 1.165) is 37.6 Å². The zero-order valence-corrected chi connectivity index (χ0v) is 12.9. The summed E-state index contributed by atoms with van der Waals surface area (Å²) in [5.41, 5.74) is 2.22. The predicted octanol–water partition coefficient (Wildman–Crippen LogP) is 1.98. The third-order valence-electron chi connectivity index (χ3n) is 3.71. The molecule has 2 unspecified atom stereocenters. The van der Waals surface area contributed by atoms with Gasteiger partial charge in [-0.3, -0.25) is 9.88 Å². The number of hydrogen-bond donors (Lipinski definition) is 1. The molecular formula is C16H27N3O. The number of nitrogens with one attached hydrogen (secondary N) is 1.